The van der Waals surface area contributed by atoms with E-state index in [4.69, 9.17) is 32.7 Å². The van der Waals surface area contributed by atoms with Crippen molar-refractivity contribution < 1.29 is 18.7 Å². The first-order chi connectivity index (χ1) is 13.5. The topological polar surface area (TPSA) is 48.4 Å². The number of ether oxygens (including phenoxy) is 2. The third-order valence-corrected chi connectivity index (χ3v) is 5.23. The maximum atomic E-state index is 13.2. The van der Waals surface area contributed by atoms with E-state index in [2.05, 4.69) is 4.98 Å². The first kappa shape index (κ1) is 20.6. The van der Waals surface area contributed by atoms with Gasteiger partial charge in [0.05, 0.1) is 16.6 Å². The average molecular weight is 440 g/mol. The highest BCUT2D eigenvalue weighted by Crippen LogP contribution is 2.28. The molecule has 0 atom stereocenters. The van der Waals surface area contributed by atoms with Crippen LogP contribution in [0.1, 0.15) is 33.5 Å². The molecule has 1 heterocycles. The Morgan fingerprint density at radius 1 is 1.18 bits per heavy atom. The molecule has 28 heavy (non-hydrogen) atoms. The Morgan fingerprint density at radius 2 is 2.00 bits per heavy atom. The van der Waals surface area contributed by atoms with Crippen LogP contribution in [0.25, 0.3) is 0 Å². The van der Waals surface area contributed by atoms with Crippen molar-refractivity contribution >= 4 is 40.5 Å². The molecule has 0 saturated heterocycles. The quantitative estimate of drug-likeness (QED) is 0.427. The van der Waals surface area contributed by atoms with Crippen LogP contribution in [0.3, 0.4) is 0 Å². The first-order valence-corrected chi connectivity index (χ1v) is 10.1. The van der Waals surface area contributed by atoms with Crippen molar-refractivity contribution in [3.8, 4) is 5.75 Å². The molecule has 0 amide bonds. The van der Waals surface area contributed by atoms with Crippen LogP contribution in [0.5, 0.6) is 5.75 Å². The van der Waals surface area contributed by atoms with E-state index in [9.17, 15) is 9.18 Å². The SMILES string of the molecule is CCOC(=O)c1csc(Cc2cc(Cl)ccc2OCc2ccc(F)cc2Cl)n1. The van der Waals surface area contributed by atoms with Gasteiger partial charge in [0, 0.05) is 28.0 Å². The highest BCUT2D eigenvalue weighted by Gasteiger charge is 2.14. The highest BCUT2D eigenvalue weighted by molar-refractivity contribution is 7.09. The Bertz CT molecular complexity index is 993. The van der Waals surface area contributed by atoms with Crippen molar-refractivity contribution in [2.45, 2.75) is 20.0 Å². The molecule has 0 aliphatic carbocycles. The van der Waals surface area contributed by atoms with Crippen molar-refractivity contribution in [3.05, 3.63) is 79.5 Å². The van der Waals surface area contributed by atoms with E-state index in [0.717, 1.165) is 10.6 Å². The van der Waals surface area contributed by atoms with Gasteiger partial charge >= 0.3 is 5.97 Å². The van der Waals surface area contributed by atoms with Crippen LogP contribution in [0.15, 0.2) is 41.8 Å². The second-order valence-electron chi connectivity index (χ2n) is 5.80. The van der Waals surface area contributed by atoms with Gasteiger partial charge in [0.1, 0.15) is 18.2 Å². The predicted octanol–water partition coefficient (Wildman–Crippen LogP) is 5.94. The molecule has 0 bridgehead atoms. The molecule has 3 rings (SSSR count). The van der Waals surface area contributed by atoms with Crippen molar-refractivity contribution in [1.29, 1.82) is 0 Å². The van der Waals surface area contributed by atoms with Crippen molar-refractivity contribution in [3.63, 3.8) is 0 Å². The lowest BCUT2D eigenvalue weighted by molar-refractivity contribution is 0.0520. The molecular weight excluding hydrogens is 424 g/mol. The maximum Gasteiger partial charge on any atom is 0.357 e. The second-order valence-corrected chi connectivity index (χ2v) is 7.59. The van der Waals surface area contributed by atoms with Gasteiger partial charge in [-0.25, -0.2) is 14.2 Å². The molecule has 3 aromatic rings. The average Bonchev–Trinajstić information content (AvgIpc) is 3.11. The van der Waals surface area contributed by atoms with Crippen molar-refractivity contribution in [2.75, 3.05) is 6.61 Å². The van der Waals surface area contributed by atoms with E-state index in [0.29, 0.717) is 34.4 Å². The Kier molecular flexibility index (Phi) is 6.88. The Hall–Kier alpha value is -2.15. The summed E-state index contributed by atoms with van der Waals surface area (Å²) in [5.41, 5.74) is 1.77. The largest absolute Gasteiger partial charge is 0.489 e. The van der Waals surface area contributed by atoms with Crippen LogP contribution < -0.4 is 4.74 Å². The minimum absolute atomic E-state index is 0.180. The van der Waals surface area contributed by atoms with Crippen molar-refractivity contribution in [1.82, 2.24) is 4.98 Å². The predicted molar refractivity (Wildman–Crippen MR) is 108 cm³/mol. The number of carbonyl (C=O) groups is 1. The Morgan fingerprint density at radius 3 is 2.75 bits per heavy atom. The number of aromatic nitrogens is 1. The summed E-state index contributed by atoms with van der Waals surface area (Å²) in [6, 6.07) is 9.43. The zero-order chi connectivity index (χ0) is 20.1. The van der Waals surface area contributed by atoms with Crippen LogP contribution in [0.2, 0.25) is 10.0 Å². The van der Waals surface area contributed by atoms with E-state index in [-0.39, 0.29) is 12.3 Å². The smallest absolute Gasteiger partial charge is 0.357 e. The number of hydrogen-bond donors (Lipinski definition) is 0. The van der Waals surface area contributed by atoms with Crippen LogP contribution >= 0.6 is 34.5 Å². The normalized spacial score (nSPS) is 10.7. The van der Waals surface area contributed by atoms with Gasteiger partial charge in [0.15, 0.2) is 5.69 Å². The van der Waals surface area contributed by atoms with Gasteiger partial charge in [-0.2, -0.15) is 0 Å². The molecule has 0 unspecified atom stereocenters. The van der Waals surface area contributed by atoms with Gasteiger partial charge in [-0.05, 0) is 37.3 Å². The summed E-state index contributed by atoms with van der Waals surface area (Å²) in [5, 5.41) is 3.25. The van der Waals surface area contributed by atoms with Crippen LogP contribution in [-0.4, -0.2) is 17.6 Å². The van der Waals surface area contributed by atoms with Crippen LogP contribution in [-0.2, 0) is 17.8 Å². The number of nitrogens with zero attached hydrogens (tertiary/aromatic N) is 1. The van der Waals surface area contributed by atoms with E-state index < -0.39 is 11.8 Å². The minimum atomic E-state index is -0.446. The monoisotopic (exact) mass is 439 g/mol. The molecule has 4 nitrogen and oxygen atoms in total. The fraction of sp³-hybridized carbons (Fsp3) is 0.200. The van der Waals surface area contributed by atoms with E-state index in [1.807, 2.05) is 0 Å². The minimum Gasteiger partial charge on any atom is -0.489 e. The summed E-state index contributed by atoms with van der Waals surface area (Å²) < 4.78 is 24.0. The first-order valence-electron chi connectivity index (χ1n) is 8.43. The number of rotatable bonds is 7. The molecule has 2 aromatic carbocycles. The van der Waals surface area contributed by atoms with E-state index in [1.165, 1.54) is 23.5 Å². The molecule has 8 heteroatoms. The summed E-state index contributed by atoms with van der Waals surface area (Å²) in [6.07, 6.45) is 0.442. The fourth-order valence-corrected chi connectivity index (χ4v) is 3.68. The molecule has 0 radical (unpaired) electrons. The van der Waals surface area contributed by atoms with Gasteiger partial charge < -0.3 is 9.47 Å². The Balaban J connectivity index is 1.76. The molecular formula is C20H16Cl2FNO3S. The summed E-state index contributed by atoms with van der Waals surface area (Å²) in [7, 11) is 0. The number of halogens is 3. The van der Waals surface area contributed by atoms with Crippen LogP contribution in [0, 0.1) is 5.82 Å². The zero-order valence-corrected chi connectivity index (χ0v) is 17.2. The molecule has 0 saturated carbocycles. The van der Waals surface area contributed by atoms with Crippen LogP contribution in [0.4, 0.5) is 4.39 Å². The molecule has 0 N–H and O–H groups in total. The number of carbonyl (C=O) groups excluding carboxylic acids is 1. The molecule has 0 spiro atoms. The van der Waals surface area contributed by atoms with Gasteiger partial charge in [0.2, 0.25) is 0 Å². The number of hydrogen-bond acceptors (Lipinski definition) is 5. The molecule has 146 valence electrons. The lowest BCUT2D eigenvalue weighted by Crippen LogP contribution is -2.05. The maximum absolute atomic E-state index is 13.2. The van der Waals surface area contributed by atoms with Gasteiger partial charge in [0.25, 0.3) is 0 Å². The number of benzene rings is 2. The molecule has 0 fully saturated rings. The third-order valence-electron chi connectivity index (χ3n) is 3.80. The molecule has 0 aliphatic heterocycles. The van der Waals surface area contributed by atoms with Gasteiger partial charge in [-0.15, -0.1) is 11.3 Å². The number of thiazole rings is 1. The lowest BCUT2D eigenvalue weighted by atomic mass is 10.1. The highest BCUT2D eigenvalue weighted by atomic mass is 35.5. The summed E-state index contributed by atoms with van der Waals surface area (Å²) in [4.78, 5) is 16.1. The van der Waals surface area contributed by atoms with Gasteiger partial charge in [-0.3, -0.25) is 0 Å². The standard InChI is InChI=1S/C20H16Cl2FNO3S/c1-2-26-20(25)17-11-28-19(24-17)8-13-7-14(21)4-6-18(13)27-10-12-3-5-15(23)9-16(12)22/h3-7,9,11H,2,8,10H2,1H3. The summed E-state index contributed by atoms with van der Waals surface area (Å²) in [6.45, 7) is 2.22. The Labute approximate surface area is 175 Å². The summed E-state index contributed by atoms with van der Waals surface area (Å²) >= 11 is 13.5. The fourth-order valence-electron chi connectivity index (χ4n) is 2.48. The molecule has 0 aliphatic rings. The third kappa shape index (κ3) is 5.22. The van der Waals surface area contributed by atoms with Gasteiger partial charge in [-0.1, -0.05) is 29.3 Å². The zero-order valence-electron chi connectivity index (χ0n) is 14.9. The number of esters is 1. The van der Waals surface area contributed by atoms with Crippen molar-refractivity contribution in [2.24, 2.45) is 0 Å². The summed E-state index contributed by atoms with van der Waals surface area (Å²) in [5.74, 6) is -0.238. The lowest BCUT2D eigenvalue weighted by Gasteiger charge is -2.12. The van der Waals surface area contributed by atoms with E-state index in [1.54, 1.807) is 36.6 Å². The van der Waals surface area contributed by atoms with E-state index >= 15 is 0 Å². The second kappa shape index (κ2) is 9.37. The molecule has 1 aromatic heterocycles.